The second kappa shape index (κ2) is 9.44. The van der Waals surface area contributed by atoms with E-state index in [0.717, 1.165) is 53.3 Å². The van der Waals surface area contributed by atoms with Crippen molar-refractivity contribution in [2.45, 2.75) is 68.8 Å². The van der Waals surface area contributed by atoms with Crippen LogP contribution in [0.3, 0.4) is 0 Å². The molecule has 2 aliphatic rings. The Morgan fingerprint density at radius 2 is 1.86 bits per heavy atom. The monoisotopic (exact) mass is 521 g/mol. The third-order valence-electron chi connectivity index (χ3n) is 7.20. The lowest BCUT2D eigenvalue weighted by Crippen LogP contribution is -2.48. The maximum absolute atomic E-state index is 12.9. The summed E-state index contributed by atoms with van der Waals surface area (Å²) in [5.41, 5.74) is 2.64. The van der Waals surface area contributed by atoms with Crippen molar-refractivity contribution in [3.05, 3.63) is 57.4 Å². The number of amides is 1. The summed E-state index contributed by atoms with van der Waals surface area (Å²) >= 11 is 1.38. The van der Waals surface area contributed by atoms with E-state index in [4.69, 9.17) is 9.97 Å². The number of likely N-dealkylation sites (tertiary alicyclic amines) is 1. The highest BCUT2D eigenvalue weighted by Crippen LogP contribution is 2.48. The predicted molar refractivity (Wildman–Crippen MR) is 141 cm³/mol. The van der Waals surface area contributed by atoms with Crippen LogP contribution in [0.4, 0.5) is 17.3 Å². The highest BCUT2D eigenvalue weighted by Gasteiger charge is 2.45. The number of aryl methyl sites for hydroxylation is 1. The van der Waals surface area contributed by atoms with Gasteiger partial charge in [0, 0.05) is 58.3 Å². The number of nitrogens with one attached hydrogen (secondary N) is 2. The van der Waals surface area contributed by atoms with Gasteiger partial charge >= 0.3 is 0 Å². The zero-order valence-electron chi connectivity index (χ0n) is 21.5. The molecule has 194 valence electrons. The quantitative estimate of drug-likeness (QED) is 0.267. The van der Waals surface area contributed by atoms with Crippen molar-refractivity contribution in [1.82, 2.24) is 25.1 Å². The molecule has 0 bridgehead atoms. The fourth-order valence-electron chi connectivity index (χ4n) is 5.21. The van der Waals surface area contributed by atoms with Gasteiger partial charge in [-0.15, -0.1) is 0 Å². The number of aromatic nitrogens is 4. The Balaban J connectivity index is 1.47. The van der Waals surface area contributed by atoms with Crippen LogP contribution in [0.25, 0.3) is 0 Å². The number of H-pyrrole nitrogens is 1. The number of anilines is 2. The first-order valence-corrected chi connectivity index (χ1v) is 13.3. The van der Waals surface area contributed by atoms with E-state index in [1.165, 1.54) is 23.9 Å². The van der Waals surface area contributed by atoms with Crippen LogP contribution >= 0.6 is 11.8 Å². The fraction of sp³-hybridized carbons (Fsp3) is 0.462. The van der Waals surface area contributed by atoms with Crippen molar-refractivity contribution >= 4 is 35.0 Å². The Kier molecular flexibility index (Phi) is 6.43. The van der Waals surface area contributed by atoms with Gasteiger partial charge in [-0.05, 0) is 56.5 Å². The zero-order chi connectivity index (χ0) is 26.4. The molecular formula is C26H31N7O3S. The number of hydrogen-bond donors (Lipinski definition) is 2. The van der Waals surface area contributed by atoms with Crippen LogP contribution in [-0.4, -0.2) is 49.0 Å². The number of piperidine rings is 1. The van der Waals surface area contributed by atoms with Crippen LogP contribution in [0.15, 0.2) is 40.4 Å². The van der Waals surface area contributed by atoms with Crippen molar-refractivity contribution in [2.24, 2.45) is 5.41 Å². The predicted octanol–water partition coefficient (Wildman–Crippen LogP) is 5.16. The summed E-state index contributed by atoms with van der Waals surface area (Å²) in [5.74, 6) is 1.62. The number of fused-ring (bicyclic) bond motifs is 2. The van der Waals surface area contributed by atoms with E-state index in [-0.39, 0.29) is 17.0 Å². The van der Waals surface area contributed by atoms with E-state index < -0.39 is 10.3 Å². The van der Waals surface area contributed by atoms with E-state index in [9.17, 15) is 14.9 Å². The van der Waals surface area contributed by atoms with E-state index in [2.05, 4.69) is 15.5 Å². The van der Waals surface area contributed by atoms with Gasteiger partial charge in [0.25, 0.3) is 5.69 Å². The lowest BCUT2D eigenvalue weighted by molar-refractivity contribution is -0.384. The summed E-state index contributed by atoms with van der Waals surface area (Å²) in [5, 5.41) is 22.3. The van der Waals surface area contributed by atoms with E-state index >= 15 is 0 Å². The third-order valence-corrected chi connectivity index (χ3v) is 8.07. The molecule has 1 amide bonds. The van der Waals surface area contributed by atoms with E-state index in [1.54, 1.807) is 12.1 Å². The van der Waals surface area contributed by atoms with Crippen LogP contribution < -0.4 is 5.32 Å². The first kappa shape index (κ1) is 25.2. The van der Waals surface area contributed by atoms with Gasteiger partial charge in [-0.1, -0.05) is 20.8 Å². The number of hydrogen-bond acceptors (Lipinski definition) is 8. The Morgan fingerprint density at radius 1 is 1.16 bits per heavy atom. The molecule has 1 aliphatic carbocycles. The molecule has 1 fully saturated rings. The summed E-state index contributed by atoms with van der Waals surface area (Å²) in [6.45, 7) is 9.27. The standard InChI is InChI=1S/C26H31N7O3S/c1-16-15-20(31-30-16)27-22-19-9-10-26(11-13-32(14-12-26)23(34)25(2,3)4)21(19)28-24(29-22)37-18-7-5-17(6-8-18)33(35)36/h5-8,15H,9-14H2,1-4H3,(H2,27,28,29,30,31). The normalized spacial score (nSPS) is 16.6. The lowest BCUT2D eigenvalue weighted by atomic mass is 9.75. The molecule has 3 heterocycles. The Bertz CT molecular complexity index is 1340. The molecule has 10 nitrogen and oxygen atoms in total. The molecule has 1 saturated heterocycles. The second-order valence-electron chi connectivity index (χ2n) is 10.9. The van der Waals surface area contributed by atoms with Gasteiger partial charge < -0.3 is 10.2 Å². The summed E-state index contributed by atoms with van der Waals surface area (Å²) in [6.07, 6.45) is 3.55. The topological polar surface area (TPSA) is 130 Å². The maximum atomic E-state index is 12.9. The van der Waals surface area contributed by atoms with Gasteiger partial charge in [-0.25, -0.2) is 9.97 Å². The number of carbonyl (C=O) groups excluding carboxylic acids is 1. The largest absolute Gasteiger partial charge is 0.342 e. The third kappa shape index (κ3) is 5.04. The van der Waals surface area contributed by atoms with E-state index in [1.807, 2.05) is 38.7 Å². The van der Waals surface area contributed by atoms with E-state index in [0.29, 0.717) is 24.1 Å². The highest BCUT2D eigenvalue weighted by molar-refractivity contribution is 7.99. The molecule has 1 aromatic carbocycles. The fourth-order valence-corrected chi connectivity index (χ4v) is 5.97. The number of benzene rings is 1. The summed E-state index contributed by atoms with van der Waals surface area (Å²) in [4.78, 5) is 36.2. The maximum Gasteiger partial charge on any atom is 0.269 e. The molecule has 0 radical (unpaired) electrons. The van der Waals surface area contributed by atoms with Crippen molar-refractivity contribution < 1.29 is 9.72 Å². The van der Waals surface area contributed by atoms with Crippen LogP contribution in [0, 0.1) is 22.5 Å². The Hall–Kier alpha value is -3.47. The molecule has 11 heteroatoms. The van der Waals surface area contributed by atoms with Crippen LogP contribution in [0.1, 0.15) is 57.0 Å². The van der Waals surface area contributed by atoms with Crippen LogP contribution in [-0.2, 0) is 16.6 Å². The molecule has 0 unspecified atom stereocenters. The number of carbonyl (C=O) groups is 1. The van der Waals surface area contributed by atoms with Crippen molar-refractivity contribution in [2.75, 3.05) is 18.4 Å². The molecule has 0 atom stereocenters. The number of aromatic amines is 1. The number of rotatable bonds is 5. The zero-order valence-corrected chi connectivity index (χ0v) is 22.3. The number of nitrogens with zero attached hydrogens (tertiary/aromatic N) is 5. The molecule has 0 saturated carbocycles. The van der Waals surface area contributed by atoms with Crippen molar-refractivity contribution in [3.63, 3.8) is 0 Å². The molecule has 1 spiro atoms. The molecule has 5 rings (SSSR count). The minimum Gasteiger partial charge on any atom is -0.342 e. The SMILES string of the molecule is Cc1cc(Nc2nc(Sc3ccc([N+](=O)[O-])cc3)nc3c2CCC32CCN(C(=O)C(C)(C)C)CC2)n[nH]1. The van der Waals surface area contributed by atoms with Gasteiger partial charge in [0.1, 0.15) is 5.82 Å². The summed E-state index contributed by atoms with van der Waals surface area (Å²) in [6, 6.07) is 8.35. The van der Waals surface area contributed by atoms with Gasteiger partial charge in [0.15, 0.2) is 11.0 Å². The van der Waals surface area contributed by atoms with Crippen molar-refractivity contribution in [3.8, 4) is 0 Å². The average Bonchev–Trinajstić information content (AvgIpc) is 3.42. The van der Waals surface area contributed by atoms with Gasteiger partial charge in [0.2, 0.25) is 5.91 Å². The van der Waals surface area contributed by atoms with Gasteiger partial charge in [-0.2, -0.15) is 5.10 Å². The number of nitro groups is 1. The lowest BCUT2D eigenvalue weighted by Gasteiger charge is -2.41. The Morgan fingerprint density at radius 3 is 2.46 bits per heavy atom. The molecule has 37 heavy (non-hydrogen) atoms. The molecule has 2 aromatic heterocycles. The molecule has 1 aliphatic heterocycles. The average molecular weight is 522 g/mol. The summed E-state index contributed by atoms with van der Waals surface area (Å²) in [7, 11) is 0. The minimum absolute atomic E-state index is 0.0472. The van der Waals surface area contributed by atoms with Crippen LogP contribution in [0.5, 0.6) is 0 Å². The van der Waals surface area contributed by atoms with Gasteiger partial charge in [-0.3, -0.25) is 20.0 Å². The number of nitro benzene ring substituents is 1. The number of non-ortho nitro benzene ring substituents is 1. The second-order valence-corrected chi connectivity index (χ2v) is 12.0. The summed E-state index contributed by atoms with van der Waals surface area (Å²) < 4.78 is 0. The first-order valence-electron chi connectivity index (χ1n) is 12.5. The Labute approximate surface area is 219 Å². The van der Waals surface area contributed by atoms with Gasteiger partial charge in [0.05, 0.1) is 10.6 Å². The molecular weight excluding hydrogens is 490 g/mol. The minimum atomic E-state index is -0.408. The molecule has 2 N–H and O–H groups in total. The first-order chi connectivity index (χ1) is 17.5. The smallest absolute Gasteiger partial charge is 0.269 e. The highest BCUT2D eigenvalue weighted by atomic mass is 32.2. The van der Waals surface area contributed by atoms with Crippen LogP contribution in [0.2, 0.25) is 0 Å². The molecule has 3 aromatic rings. The van der Waals surface area contributed by atoms with Crippen molar-refractivity contribution in [1.29, 1.82) is 0 Å².